The predicted molar refractivity (Wildman–Crippen MR) is 79.9 cm³/mol. The standard InChI is InChI=1S/C16H13N3O2/c20-19(21)16-9-5-4-8-13(16)10-14-11-15(18-17-14)12-6-2-1-3-7-12/h1-9,11H,10H2,(H,17,18). The Morgan fingerprint density at radius 1 is 1.05 bits per heavy atom. The monoisotopic (exact) mass is 279 g/mol. The second-order valence-corrected chi connectivity index (χ2v) is 4.70. The Morgan fingerprint density at radius 2 is 1.76 bits per heavy atom. The lowest BCUT2D eigenvalue weighted by atomic mass is 10.1. The maximum Gasteiger partial charge on any atom is 0.272 e. The van der Waals surface area contributed by atoms with Gasteiger partial charge in [-0.2, -0.15) is 5.10 Å². The smallest absolute Gasteiger partial charge is 0.272 e. The van der Waals surface area contributed by atoms with Crippen molar-refractivity contribution in [1.29, 1.82) is 0 Å². The van der Waals surface area contributed by atoms with Crippen LogP contribution in [0.3, 0.4) is 0 Å². The summed E-state index contributed by atoms with van der Waals surface area (Å²) in [6.07, 6.45) is 0.431. The van der Waals surface area contributed by atoms with Gasteiger partial charge in [-0.25, -0.2) is 0 Å². The molecule has 0 bridgehead atoms. The van der Waals surface area contributed by atoms with Gasteiger partial charge in [-0.15, -0.1) is 0 Å². The second kappa shape index (κ2) is 5.58. The molecule has 0 saturated heterocycles. The second-order valence-electron chi connectivity index (χ2n) is 4.70. The number of aromatic nitrogens is 2. The molecule has 3 rings (SSSR count). The summed E-state index contributed by atoms with van der Waals surface area (Å²) < 4.78 is 0. The number of rotatable bonds is 4. The van der Waals surface area contributed by atoms with Crippen molar-refractivity contribution in [3.05, 3.63) is 82.0 Å². The van der Waals surface area contributed by atoms with Crippen LogP contribution >= 0.6 is 0 Å². The third-order valence-corrected chi connectivity index (χ3v) is 3.28. The summed E-state index contributed by atoms with van der Waals surface area (Å²) in [7, 11) is 0. The van der Waals surface area contributed by atoms with Crippen LogP contribution in [0.4, 0.5) is 5.69 Å². The molecule has 0 radical (unpaired) electrons. The van der Waals surface area contributed by atoms with Gasteiger partial charge in [0.2, 0.25) is 0 Å². The topological polar surface area (TPSA) is 71.8 Å². The Balaban J connectivity index is 1.87. The zero-order valence-corrected chi connectivity index (χ0v) is 11.2. The van der Waals surface area contributed by atoms with Crippen LogP contribution < -0.4 is 0 Å². The highest BCUT2D eigenvalue weighted by molar-refractivity contribution is 5.59. The molecule has 0 aliphatic rings. The molecule has 0 saturated carbocycles. The molecule has 21 heavy (non-hydrogen) atoms. The fourth-order valence-corrected chi connectivity index (χ4v) is 2.25. The molecule has 0 fully saturated rings. The Kier molecular flexibility index (Phi) is 3.47. The van der Waals surface area contributed by atoms with E-state index in [4.69, 9.17) is 0 Å². The van der Waals surface area contributed by atoms with E-state index in [2.05, 4.69) is 10.2 Å². The number of aromatic amines is 1. The van der Waals surface area contributed by atoms with Crippen LogP contribution in [0.5, 0.6) is 0 Å². The highest BCUT2D eigenvalue weighted by Gasteiger charge is 2.14. The predicted octanol–water partition coefficient (Wildman–Crippen LogP) is 3.58. The van der Waals surface area contributed by atoms with E-state index in [1.54, 1.807) is 18.2 Å². The highest BCUT2D eigenvalue weighted by Crippen LogP contribution is 2.23. The minimum absolute atomic E-state index is 0.127. The lowest BCUT2D eigenvalue weighted by Gasteiger charge is -1.99. The van der Waals surface area contributed by atoms with Gasteiger partial charge in [-0.3, -0.25) is 15.2 Å². The number of para-hydroxylation sites is 1. The van der Waals surface area contributed by atoms with Crippen molar-refractivity contribution in [3.63, 3.8) is 0 Å². The van der Waals surface area contributed by atoms with Gasteiger partial charge >= 0.3 is 0 Å². The molecule has 1 N–H and O–H groups in total. The highest BCUT2D eigenvalue weighted by atomic mass is 16.6. The first-order valence-electron chi connectivity index (χ1n) is 6.56. The third-order valence-electron chi connectivity index (χ3n) is 3.28. The minimum atomic E-state index is -0.361. The van der Waals surface area contributed by atoms with Crippen LogP contribution in [-0.4, -0.2) is 15.1 Å². The average molecular weight is 279 g/mol. The zero-order chi connectivity index (χ0) is 14.7. The molecule has 0 unspecified atom stereocenters. The van der Waals surface area contributed by atoms with E-state index in [9.17, 15) is 10.1 Å². The number of nitrogens with one attached hydrogen (secondary N) is 1. The SMILES string of the molecule is O=[N+]([O-])c1ccccc1Cc1cc(-c2ccccc2)[nH]n1. The van der Waals surface area contributed by atoms with Crippen molar-refractivity contribution in [2.24, 2.45) is 0 Å². The van der Waals surface area contributed by atoms with Gasteiger partial charge in [0.05, 0.1) is 16.3 Å². The molecule has 0 amide bonds. The summed E-state index contributed by atoms with van der Waals surface area (Å²) >= 11 is 0. The molecule has 2 aromatic carbocycles. The quantitative estimate of drug-likeness (QED) is 0.586. The van der Waals surface area contributed by atoms with Crippen molar-refractivity contribution in [1.82, 2.24) is 10.2 Å². The normalized spacial score (nSPS) is 10.5. The van der Waals surface area contributed by atoms with Crippen LogP contribution in [0.2, 0.25) is 0 Å². The molecule has 5 heteroatoms. The van der Waals surface area contributed by atoms with E-state index >= 15 is 0 Å². The van der Waals surface area contributed by atoms with E-state index in [0.29, 0.717) is 12.0 Å². The van der Waals surface area contributed by atoms with Crippen molar-refractivity contribution >= 4 is 5.69 Å². The van der Waals surface area contributed by atoms with Crippen molar-refractivity contribution in [2.75, 3.05) is 0 Å². The molecule has 0 aliphatic heterocycles. The van der Waals surface area contributed by atoms with E-state index in [1.807, 2.05) is 36.4 Å². The van der Waals surface area contributed by atoms with Crippen LogP contribution in [-0.2, 0) is 6.42 Å². The van der Waals surface area contributed by atoms with E-state index < -0.39 is 0 Å². The summed E-state index contributed by atoms with van der Waals surface area (Å²) in [6, 6.07) is 18.5. The Morgan fingerprint density at radius 3 is 2.52 bits per heavy atom. The van der Waals surface area contributed by atoms with Crippen molar-refractivity contribution in [2.45, 2.75) is 6.42 Å². The number of H-pyrrole nitrogens is 1. The minimum Gasteiger partial charge on any atom is -0.278 e. The molecule has 0 spiro atoms. The molecule has 5 nitrogen and oxygen atoms in total. The van der Waals surface area contributed by atoms with Gasteiger partial charge in [0.15, 0.2) is 0 Å². The van der Waals surface area contributed by atoms with Gasteiger partial charge in [-0.1, -0.05) is 48.5 Å². The first kappa shape index (κ1) is 13.1. The van der Waals surface area contributed by atoms with Gasteiger partial charge in [0, 0.05) is 18.1 Å². The number of nitro benzene ring substituents is 1. The number of nitro groups is 1. The number of hydrogen-bond acceptors (Lipinski definition) is 3. The average Bonchev–Trinajstić information content (AvgIpc) is 2.97. The molecule has 3 aromatic rings. The Bertz CT molecular complexity index is 766. The van der Waals surface area contributed by atoms with Crippen LogP contribution in [0, 0.1) is 10.1 Å². The summed E-state index contributed by atoms with van der Waals surface area (Å²) in [4.78, 5) is 10.7. The van der Waals surface area contributed by atoms with Crippen LogP contribution in [0.1, 0.15) is 11.3 Å². The van der Waals surface area contributed by atoms with Gasteiger partial charge in [0.25, 0.3) is 5.69 Å². The number of benzene rings is 2. The molecule has 1 aromatic heterocycles. The molecule has 0 atom stereocenters. The maximum absolute atomic E-state index is 11.0. The summed E-state index contributed by atoms with van der Waals surface area (Å²) in [6.45, 7) is 0. The summed E-state index contributed by atoms with van der Waals surface area (Å²) in [5, 5.41) is 18.2. The van der Waals surface area contributed by atoms with Crippen LogP contribution in [0.15, 0.2) is 60.7 Å². The maximum atomic E-state index is 11.0. The fraction of sp³-hybridized carbons (Fsp3) is 0.0625. The van der Waals surface area contributed by atoms with E-state index in [-0.39, 0.29) is 10.6 Å². The Hall–Kier alpha value is -2.95. The Labute approximate surface area is 121 Å². The summed E-state index contributed by atoms with van der Waals surface area (Å²) in [5.74, 6) is 0. The molecular weight excluding hydrogens is 266 g/mol. The van der Waals surface area contributed by atoms with Crippen molar-refractivity contribution < 1.29 is 4.92 Å². The van der Waals surface area contributed by atoms with Gasteiger partial charge < -0.3 is 0 Å². The third kappa shape index (κ3) is 2.81. The van der Waals surface area contributed by atoms with Crippen molar-refractivity contribution in [3.8, 4) is 11.3 Å². The first-order valence-corrected chi connectivity index (χ1v) is 6.56. The van der Waals surface area contributed by atoms with Gasteiger partial charge in [0.1, 0.15) is 0 Å². The number of nitrogens with zero attached hydrogens (tertiary/aromatic N) is 2. The number of hydrogen-bond donors (Lipinski definition) is 1. The summed E-state index contributed by atoms with van der Waals surface area (Å²) in [5.41, 5.74) is 3.52. The van der Waals surface area contributed by atoms with Crippen LogP contribution in [0.25, 0.3) is 11.3 Å². The lowest BCUT2D eigenvalue weighted by molar-refractivity contribution is -0.385. The molecule has 104 valence electrons. The zero-order valence-electron chi connectivity index (χ0n) is 11.2. The van der Waals surface area contributed by atoms with E-state index in [1.165, 1.54) is 6.07 Å². The van der Waals surface area contributed by atoms with Gasteiger partial charge in [-0.05, 0) is 11.6 Å². The largest absolute Gasteiger partial charge is 0.278 e. The molecule has 1 heterocycles. The first-order chi connectivity index (χ1) is 10.2. The lowest BCUT2D eigenvalue weighted by Crippen LogP contribution is -1.96. The fourth-order valence-electron chi connectivity index (χ4n) is 2.25. The molecular formula is C16H13N3O2. The molecule has 0 aliphatic carbocycles. The van der Waals surface area contributed by atoms with E-state index in [0.717, 1.165) is 17.0 Å².